The molecule has 0 aromatic heterocycles. The number of benzene rings is 9. The van der Waals surface area contributed by atoms with Gasteiger partial charge in [0, 0.05) is 17.3 Å². The first-order valence-corrected chi connectivity index (χ1v) is 47.0. The summed E-state index contributed by atoms with van der Waals surface area (Å²) in [6.45, 7) is 31.9. The molecular formula is C100H121F4O18S3-. The SMILES string of the molecule is CCC(C)(C)C(=O)OC(OC1CCCCC1)C(C)(C)C.CCC(C)C(=O)OC1C2CC3C(=O)OC1C3C2.CCC(C)c1ccc(COc2ccc(Oc3c(F)c(F)c(S(=O)(=O)[O-])c(F)c3F)cc2)cc1.CCC(C)c1ccc(O)cc1.CCC(C)c1ccc(OCCOc2ccc(S(=O)(=O)[O-])cc2)cc1.Cc1ccc([S+](c2ccccc2)c2ccccc2)cc1. The molecule has 10 unspecified atom stereocenters. The molecule has 3 aliphatic carbocycles. The number of phenols is 1. The van der Waals surface area contributed by atoms with Crippen LogP contribution in [0, 0.1) is 64.7 Å². The fourth-order valence-electron chi connectivity index (χ4n) is 14.0. The van der Waals surface area contributed by atoms with Crippen LogP contribution >= 0.6 is 0 Å². The summed E-state index contributed by atoms with van der Waals surface area (Å²) >= 11 is 0. The van der Waals surface area contributed by atoms with Crippen LogP contribution in [-0.2, 0) is 71.1 Å². The molecule has 25 heteroatoms. The maximum atomic E-state index is 14.1. The highest BCUT2D eigenvalue weighted by atomic mass is 32.2. The lowest BCUT2D eigenvalue weighted by atomic mass is 9.88. The van der Waals surface area contributed by atoms with Gasteiger partial charge in [-0.25, -0.2) is 25.6 Å². The van der Waals surface area contributed by atoms with Gasteiger partial charge in [0.1, 0.15) is 85.9 Å². The van der Waals surface area contributed by atoms with E-state index in [1.165, 1.54) is 105 Å². The van der Waals surface area contributed by atoms with E-state index in [0.717, 1.165) is 69.1 Å². The average Bonchev–Trinajstić information content (AvgIpc) is 1.57. The summed E-state index contributed by atoms with van der Waals surface area (Å²) < 4.78 is 165. The Morgan fingerprint density at radius 1 is 0.544 bits per heavy atom. The quantitative estimate of drug-likeness (QED) is 0.00667. The molecule has 1 heterocycles. The lowest BCUT2D eigenvalue weighted by molar-refractivity contribution is -0.228. The van der Waals surface area contributed by atoms with E-state index in [-0.39, 0.29) is 81.6 Å². The number of hydrogen-bond donors (Lipinski definition) is 1. The van der Waals surface area contributed by atoms with E-state index in [2.05, 4.69) is 166 Å². The second kappa shape index (κ2) is 47.2. The van der Waals surface area contributed by atoms with Gasteiger partial charge in [-0.2, -0.15) is 8.78 Å². The van der Waals surface area contributed by atoms with Gasteiger partial charge in [-0.1, -0.05) is 205 Å². The molecule has 10 atom stereocenters. The van der Waals surface area contributed by atoms with Crippen molar-refractivity contribution >= 4 is 49.0 Å². The zero-order valence-corrected chi connectivity index (χ0v) is 76.7. The first-order valence-electron chi connectivity index (χ1n) is 43.0. The predicted octanol–water partition coefficient (Wildman–Crippen LogP) is 23.8. The van der Waals surface area contributed by atoms with E-state index in [1.54, 1.807) is 12.1 Å². The van der Waals surface area contributed by atoms with Crippen LogP contribution in [0.3, 0.4) is 0 Å². The third kappa shape index (κ3) is 29.4. The second-order valence-electron chi connectivity index (χ2n) is 33.8. The van der Waals surface area contributed by atoms with Crippen LogP contribution in [0.1, 0.15) is 220 Å². The van der Waals surface area contributed by atoms with Crippen molar-refractivity contribution in [2.75, 3.05) is 13.2 Å². The standard InChI is InChI=1S/C23H20F4O5S.C19H17S.C18H22O5S.C17H32O3.C13H18O4.C10H14O/c1-3-13(2)15-6-4-14(5-7-15)12-31-16-8-10-17(11-9-16)32-22-18(24)20(26)23(33(28,29)30)21(27)19(22)25;1-16-12-14-19(15-13-16)20(17-8-4-2-5-9-17)18-10-6-3-7-11-18;1-3-14(2)15-4-6-16(7-5-15)22-12-13-23-17-8-10-18(11-9-17)24(19,20)21;1-7-17(5,6)14(18)20-15(16(2,3)4)19-13-11-9-8-10-12-13;1-3-6(2)12(14)16-10-7-4-8-9(5-7)13(15)17-11(8)10;1-3-8(2)9-4-6-10(11)7-5-9/h4-11,13H,3,12H2,1-2H3,(H,28,29,30);2-15H,1H3;4-11,14H,3,12-13H2,1-2H3,(H,19,20,21);13,15H,7-12H2,1-6H3;6-11H,3-5H2,1-2H3;4-8,11H,3H2,1-2H3/q;+1;;;;/p-2. The van der Waals surface area contributed by atoms with E-state index >= 15 is 0 Å². The van der Waals surface area contributed by atoms with E-state index < -0.39 is 65.9 Å². The molecule has 9 aromatic carbocycles. The normalized spacial score (nSPS) is 17.6. The average molecular weight is 1780 g/mol. The monoisotopic (exact) mass is 1780 g/mol. The maximum Gasteiger partial charge on any atom is 0.313 e. The van der Waals surface area contributed by atoms with E-state index in [4.69, 9.17) is 43.0 Å². The minimum atomic E-state index is -5.79. The molecule has 4 fully saturated rings. The summed E-state index contributed by atoms with van der Waals surface area (Å²) in [5.74, 6) is -6.91. The number of fused-ring (bicyclic) bond motifs is 1. The third-order valence-electron chi connectivity index (χ3n) is 23.0. The number of aryl methyl sites for hydroxylation is 1. The van der Waals surface area contributed by atoms with Crippen LogP contribution in [0.5, 0.6) is 34.5 Å². The first kappa shape index (κ1) is 101. The van der Waals surface area contributed by atoms with Crippen molar-refractivity contribution in [1.29, 1.82) is 0 Å². The summed E-state index contributed by atoms with van der Waals surface area (Å²) in [6, 6.07) is 64.4. The molecule has 1 aliphatic heterocycles. The van der Waals surface area contributed by atoms with Crippen LogP contribution in [0.15, 0.2) is 231 Å². The van der Waals surface area contributed by atoms with E-state index in [0.29, 0.717) is 60.1 Å². The summed E-state index contributed by atoms with van der Waals surface area (Å²) in [6.07, 6.45) is 12.0. The molecule has 1 saturated heterocycles. The van der Waals surface area contributed by atoms with Crippen LogP contribution in [-0.4, -0.2) is 86.8 Å². The predicted molar refractivity (Wildman–Crippen MR) is 474 cm³/mol. The van der Waals surface area contributed by atoms with E-state index in [9.17, 15) is 57.9 Å². The molecular weight excluding hydrogens is 1660 g/mol. The molecule has 0 amide bonds. The maximum absolute atomic E-state index is 14.1. The summed E-state index contributed by atoms with van der Waals surface area (Å²) in [4.78, 5) is 37.2. The number of phenolic OH excluding ortho intramolecular Hbond substituents is 1. The Kier molecular flexibility index (Phi) is 38.0. The van der Waals surface area contributed by atoms with E-state index in [1.807, 2.05) is 83.1 Å². The second-order valence-corrected chi connectivity index (χ2v) is 38.5. The van der Waals surface area contributed by atoms with Gasteiger partial charge >= 0.3 is 17.9 Å². The molecule has 3 saturated carbocycles. The zero-order valence-electron chi connectivity index (χ0n) is 74.2. The van der Waals surface area contributed by atoms with Gasteiger partial charge in [-0.15, -0.1) is 0 Å². The Hall–Kier alpha value is -9.76. The molecule has 18 nitrogen and oxygen atoms in total. The molecule has 676 valence electrons. The van der Waals surface area contributed by atoms with Crippen LogP contribution in [0.4, 0.5) is 17.6 Å². The summed E-state index contributed by atoms with van der Waals surface area (Å²) in [7, 11) is -10.2. The van der Waals surface area contributed by atoms with Crippen LogP contribution < -0.4 is 18.9 Å². The lowest BCUT2D eigenvalue weighted by Gasteiger charge is -2.36. The lowest BCUT2D eigenvalue weighted by Crippen LogP contribution is -2.41. The highest BCUT2D eigenvalue weighted by molar-refractivity contribution is 7.97. The van der Waals surface area contributed by atoms with Crippen molar-refractivity contribution in [3.05, 3.63) is 257 Å². The van der Waals surface area contributed by atoms with Gasteiger partial charge in [0.05, 0.1) is 39.1 Å². The molecule has 125 heavy (non-hydrogen) atoms. The van der Waals surface area contributed by atoms with Crippen molar-refractivity contribution in [1.82, 2.24) is 0 Å². The fourth-order valence-corrected chi connectivity index (χ4v) is 17.2. The number of hydrogen-bond acceptors (Lipinski definition) is 18. The Bertz CT molecular complexity index is 5030. The Morgan fingerprint density at radius 2 is 0.992 bits per heavy atom. The van der Waals surface area contributed by atoms with Crippen molar-refractivity contribution in [2.45, 2.75) is 254 Å². The molecule has 9 aromatic rings. The van der Waals surface area contributed by atoms with Gasteiger partial charge in [-0.05, 0) is 228 Å². The molecule has 1 N–H and O–H groups in total. The number of esters is 3. The number of carbonyl (C=O) groups is 3. The number of aromatic hydroxyl groups is 1. The van der Waals surface area contributed by atoms with Gasteiger partial charge in [0.2, 0.25) is 23.7 Å². The Balaban J connectivity index is 0.000000191. The largest absolute Gasteiger partial charge is 0.744 e. The third-order valence-corrected chi connectivity index (χ3v) is 27.0. The Morgan fingerprint density at radius 3 is 1.45 bits per heavy atom. The van der Waals surface area contributed by atoms with Gasteiger partial charge < -0.3 is 52.1 Å². The van der Waals surface area contributed by atoms with Gasteiger partial charge in [0.25, 0.3) is 0 Å². The minimum Gasteiger partial charge on any atom is -0.744 e. The molecule has 0 radical (unpaired) electrons. The molecule has 4 aliphatic rings. The summed E-state index contributed by atoms with van der Waals surface area (Å²) in [5.41, 5.74) is 5.39. The van der Waals surface area contributed by atoms with Crippen LogP contribution in [0.25, 0.3) is 0 Å². The van der Waals surface area contributed by atoms with Crippen molar-refractivity contribution in [3.8, 4) is 34.5 Å². The highest BCUT2D eigenvalue weighted by Gasteiger charge is 2.63. The topological polar surface area (TPSA) is 260 Å². The smallest absolute Gasteiger partial charge is 0.313 e. The van der Waals surface area contributed by atoms with Crippen LogP contribution in [0.2, 0.25) is 0 Å². The number of carbonyl (C=O) groups excluding carboxylic acids is 3. The zero-order chi connectivity index (χ0) is 91.5. The highest BCUT2D eigenvalue weighted by Crippen LogP contribution is 2.56. The Labute approximate surface area is 739 Å². The van der Waals surface area contributed by atoms with Gasteiger partial charge in [-0.3, -0.25) is 14.4 Å². The molecule has 2 bridgehead atoms. The fraction of sp³-hybridized carbons (Fsp3) is 0.430. The van der Waals surface area contributed by atoms with Crippen molar-refractivity contribution in [3.63, 3.8) is 0 Å². The van der Waals surface area contributed by atoms with Crippen molar-refractivity contribution < 1.29 is 101 Å². The van der Waals surface area contributed by atoms with Crippen molar-refractivity contribution in [2.24, 2.45) is 34.5 Å². The summed E-state index contributed by atoms with van der Waals surface area (Å²) in [5, 5.41) is 9.01. The number of ether oxygens (including phenoxy) is 8. The number of halogens is 4. The molecule has 13 rings (SSSR count). The van der Waals surface area contributed by atoms with Gasteiger partial charge in [0.15, 0.2) is 26.3 Å². The first-order chi connectivity index (χ1) is 59.3. The minimum absolute atomic E-state index is 0.0229. The molecule has 0 spiro atoms. The number of rotatable bonds is 29.